The Kier molecular flexibility index (Phi) is 3.74. The highest BCUT2D eigenvalue weighted by Crippen LogP contribution is 2.22. The second-order valence-corrected chi connectivity index (χ2v) is 5.05. The number of halogens is 1. The Morgan fingerprint density at radius 2 is 1.68 bits per heavy atom. The van der Waals surface area contributed by atoms with Gasteiger partial charge >= 0.3 is 0 Å². The van der Waals surface area contributed by atoms with Crippen LogP contribution in [-0.2, 0) is 6.54 Å². The summed E-state index contributed by atoms with van der Waals surface area (Å²) in [5.41, 5.74) is 10.9. The minimum Gasteiger partial charge on any atom is -0.398 e. The largest absolute Gasteiger partial charge is 0.398 e. The first-order chi connectivity index (χ1) is 8.95. The van der Waals surface area contributed by atoms with Crippen LogP contribution in [0.1, 0.15) is 16.7 Å². The van der Waals surface area contributed by atoms with Crippen LogP contribution in [0.5, 0.6) is 0 Å². The maximum absolute atomic E-state index is 13.0. The molecule has 0 aliphatic heterocycles. The van der Waals surface area contributed by atoms with Crippen LogP contribution in [0.2, 0.25) is 0 Å². The van der Waals surface area contributed by atoms with Crippen molar-refractivity contribution in [3.05, 3.63) is 58.9 Å². The molecule has 100 valence electrons. The van der Waals surface area contributed by atoms with E-state index in [0.717, 1.165) is 11.3 Å². The van der Waals surface area contributed by atoms with Gasteiger partial charge in [-0.2, -0.15) is 0 Å². The van der Waals surface area contributed by atoms with Gasteiger partial charge in [-0.25, -0.2) is 4.39 Å². The molecule has 0 heterocycles. The van der Waals surface area contributed by atoms with E-state index in [2.05, 4.69) is 36.9 Å². The van der Waals surface area contributed by atoms with Gasteiger partial charge in [0.1, 0.15) is 5.82 Å². The highest BCUT2D eigenvalue weighted by atomic mass is 19.1. The summed E-state index contributed by atoms with van der Waals surface area (Å²) in [6.07, 6.45) is 0. The lowest BCUT2D eigenvalue weighted by molar-refractivity contribution is 0.627. The van der Waals surface area contributed by atoms with Gasteiger partial charge in [-0.15, -0.1) is 0 Å². The lowest BCUT2D eigenvalue weighted by atomic mass is 10.1. The van der Waals surface area contributed by atoms with E-state index in [9.17, 15) is 4.39 Å². The van der Waals surface area contributed by atoms with E-state index in [4.69, 9.17) is 5.73 Å². The fourth-order valence-corrected chi connectivity index (χ4v) is 2.23. The van der Waals surface area contributed by atoms with Crippen molar-refractivity contribution in [2.24, 2.45) is 0 Å². The van der Waals surface area contributed by atoms with Gasteiger partial charge in [0.2, 0.25) is 0 Å². The molecule has 0 saturated heterocycles. The normalized spacial score (nSPS) is 10.5. The van der Waals surface area contributed by atoms with Crippen molar-refractivity contribution in [2.75, 3.05) is 17.7 Å². The Balaban J connectivity index is 2.22. The number of nitrogen functional groups attached to an aromatic ring is 1. The molecule has 3 heteroatoms. The fourth-order valence-electron chi connectivity index (χ4n) is 2.23. The lowest BCUT2D eigenvalue weighted by Gasteiger charge is -2.21. The van der Waals surface area contributed by atoms with Crippen molar-refractivity contribution in [1.29, 1.82) is 0 Å². The summed E-state index contributed by atoms with van der Waals surface area (Å²) in [6.45, 7) is 4.82. The van der Waals surface area contributed by atoms with Crippen molar-refractivity contribution in [3.8, 4) is 0 Å². The number of hydrogen-bond donors (Lipinski definition) is 1. The Morgan fingerprint density at radius 3 is 2.26 bits per heavy atom. The van der Waals surface area contributed by atoms with Gasteiger partial charge in [0.05, 0.1) is 0 Å². The van der Waals surface area contributed by atoms with E-state index in [1.165, 1.54) is 23.3 Å². The summed E-state index contributed by atoms with van der Waals surface area (Å²) in [6, 6.07) is 11.0. The van der Waals surface area contributed by atoms with Gasteiger partial charge in [0, 0.05) is 25.0 Å². The molecule has 0 aliphatic rings. The number of nitrogens with two attached hydrogens (primary N) is 1. The predicted molar refractivity (Wildman–Crippen MR) is 78.8 cm³/mol. The smallest absolute Gasteiger partial charge is 0.125 e. The maximum atomic E-state index is 13.0. The van der Waals surface area contributed by atoms with Crippen molar-refractivity contribution >= 4 is 11.4 Å². The summed E-state index contributed by atoms with van der Waals surface area (Å²) < 4.78 is 13.0. The molecule has 0 spiro atoms. The van der Waals surface area contributed by atoms with Crippen molar-refractivity contribution in [2.45, 2.75) is 20.4 Å². The molecule has 0 radical (unpaired) electrons. The van der Waals surface area contributed by atoms with E-state index in [-0.39, 0.29) is 5.82 Å². The average molecular weight is 258 g/mol. The molecule has 2 rings (SSSR count). The quantitative estimate of drug-likeness (QED) is 0.851. The second-order valence-electron chi connectivity index (χ2n) is 5.05. The topological polar surface area (TPSA) is 29.3 Å². The van der Waals surface area contributed by atoms with E-state index in [0.29, 0.717) is 12.2 Å². The molecule has 2 aromatic carbocycles. The number of aryl methyl sites for hydroxylation is 2. The van der Waals surface area contributed by atoms with Gasteiger partial charge in [-0.1, -0.05) is 12.1 Å². The van der Waals surface area contributed by atoms with Gasteiger partial charge < -0.3 is 10.6 Å². The Labute approximate surface area is 113 Å². The molecular weight excluding hydrogens is 239 g/mol. The van der Waals surface area contributed by atoms with Crippen LogP contribution >= 0.6 is 0 Å². The Hall–Kier alpha value is -2.03. The standard InChI is InChI=1S/C16H19FN2/c1-11-6-12(2)8-15(7-11)19(3)10-13-4-5-14(17)9-16(13)18/h4-9H,10,18H2,1-3H3. The third-order valence-corrected chi connectivity index (χ3v) is 3.16. The first-order valence-electron chi connectivity index (χ1n) is 6.29. The van der Waals surface area contributed by atoms with E-state index < -0.39 is 0 Å². The maximum Gasteiger partial charge on any atom is 0.125 e. The van der Waals surface area contributed by atoms with Gasteiger partial charge in [-0.3, -0.25) is 0 Å². The first kappa shape index (κ1) is 13.4. The predicted octanol–water partition coefficient (Wildman–Crippen LogP) is 3.66. The van der Waals surface area contributed by atoms with Crippen molar-refractivity contribution in [3.63, 3.8) is 0 Å². The molecule has 2 N–H and O–H groups in total. The highest BCUT2D eigenvalue weighted by Gasteiger charge is 2.07. The van der Waals surface area contributed by atoms with Crippen LogP contribution in [0.15, 0.2) is 36.4 Å². The highest BCUT2D eigenvalue weighted by molar-refractivity contribution is 5.54. The monoisotopic (exact) mass is 258 g/mol. The zero-order chi connectivity index (χ0) is 14.0. The minimum absolute atomic E-state index is 0.296. The zero-order valence-electron chi connectivity index (χ0n) is 11.6. The SMILES string of the molecule is Cc1cc(C)cc(N(C)Cc2ccc(F)cc2N)c1. The summed E-state index contributed by atoms with van der Waals surface area (Å²) >= 11 is 0. The third kappa shape index (κ3) is 3.25. The Morgan fingerprint density at radius 1 is 1.05 bits per heavy atom. The number of benzene rings is 2. The van der Waals surface area contributed by atoms with Gasteiger partial charge in [0.15, 0.2) is 0 Å². The molecule has 2 nitrogen and oxygen atoms in total. The van der Waals surface area contributed by atoms with E-state index in [1.807, 2.05) is 7.05 Å². The molecule has 0 aliphatic carbocycles. The first-order valence-corrected chi connectivity index (χ1v) is 6.29. The number of rotatable bonds is 3. The van der Waals surface area contributed by atoms with Crippen molar-refractivity contribution in [1.82, 2.24) is 0 Å². The van der Waals surface area contributed by atoms with E-state index >= 15 is 0 Å². The molecule has 0 amide bonds. The molecule has 0 aromatic heterocycles. The van der Waals surface area contributed by atoms with Gasteiger partial charge in [-0.05, 0) is 54.8 Å². The van der Waals surface area contributed by atoms with Crippen LogP contribution in [-0.4, -0.2) is 7.05 Å². The van der Waals surface area contributed by atoms with Crippen LogP contribution < -0.4 is 10.6 Å². The number of anilines is 2. The lowest BCUT2D eigenvalue weighted by Crippen LogP contribution is -2.17. The molecule has 0 bridgehead atoms. The molecule has 0 fully saturated rings. The minimum atomic E-state index is -0.296. The fraction of sp³-hybridized carbons (Fsp3) is 0.250. The summed E-state index contributed by atoms with van der Waals surface area (Å²) in [5, 5.41) is 0. The van der Waals surface area contributed by atoms with E-state index in [1.54, 1.807) is 6.07 Å². The van der Waals surface area contributed by atoms with Gasteiger partial charge in [0.25, 0.3) is 0 Å². The summed E-state index contributed by atoms with van der Waals surface area (Å²) in [7, 11) is 2.01. The number of nitrogens with zero attached hydrogens (tertiary/aromatic N) is 1. The molecule has 19 heavy (non-hydrogen) atoms. The van der Waals surface area contributed by atoms with Crippen LogP contribution in [0, 0.1) is 19.7 Å². The third-order valence-electron chi connectivity index (χ3n) is 3.16. The molecule has 0 saturated carbocycles. The van der Waals surface area contributed by atoms with Crippen molar-refractivity contribution < 1.29 is 4.39 Å². The zero-order valence-corrected chi connectivity index (χ0v) is 11.6. The Bertz CT molecular complexity index is 573. The average Bonchev–Trinajstić information content (AvgIpc) is 2.31. The summed E-state index contributed by atoms with van der Waals surface area (Å²) in [4.78, 5) is 2.11. The van der Waals surface area contributed by atoms with Crippen LogP contribution in [0.25, 0.3) is 0 Å². The van der Waals surface area contributed by atoms with Crippen LogP contribution in [0.3, 0.4) is 0 Å². The second kappa shape index (κ2) is 5.31. The summed E-state index contributed by atoms with van der Waals surface area (Å²) in [5.74, 6) is -0.296. The molecular formula is C16H19FN2. The molecule has 0 atom stereocenters. The van der Waals surface area contributed by atoms with Crippen LogP contribution in [0.4, 0.5) is 15.8 Å². The molecule has 2 aromatic rings. The molecule has 0 unspecified atom stereocenters. The number of hydrogen-bond acceptors (Lipinski definition) is 2.